The van der Waals surface area contributed by atoms with Crippen LogP contribution in [0, 0.1) is 0 Å². The van der Waals surface area contributed by atoms with Crippen molar-refractivity contribution >= 4 is 45.6 Å². The quantitative estimate of drug-likeness (QED) is 0.743. The topological polar surface area (TPSA) is 20.2 Å². The molecule has 1 atom stereocenters. The molecule has 1 nitrogen and oxygen atoms in total. The molecule has 0 aliphatic carbocycles. The van der Waals surface area contributed by atoms with Crippen LogP contribution in [0.3, 0.4) is 0 Å². The molecule has 1 aromatic carbocycles. The van der Waals surface area contributed by atoms with Gasteiger partial charge in [-0.15, -0.1) is 0 Å². The van der Waals surface area contributed by atoms with Crippen molar-refractivity contribution in [1.82, 2.24) is 0 Å². The van der Waals surface area contributed by atoms with Crippen LogP contribution in [0.15, 0.2) is 24.3 Å². The van der Waals surface area contributed by atoms with E-state index in [2.05, 4.69) is 11.8 Å². The summed E-state index contributed by atoms with van der Waals surface area (Å²) < 4.78 is 0. The van der Waals surface area contributed by atoms with E-state index in [0.29, 0.717) is 10.3 Å². The zero-order valence-electron chi connectivity index (χ0n) is 5.37. The maximum absolute atomic E-state index is 9.23. The van der Waals surface area contributed by atoms with Gasteiger partial charge in [-0.25, -0.2) is 0 Å². The number of hydrogen-bond donors (Lipinski definition) is 1. The molecule has 0 heterocycles. The first kappa shape index (κ1) is 9.50. The summed E-state index contributed by atoms with van der Waals surface area (Å²) in [6.45, 7) is 0. The molecule has 1 rings (SSSR count). The van der Waals surface area contributed by atoms with E-state index in [1.165, 1.54) is 0 Å². The van der Waals surface area contributed by atoms with E-state index >= 15 is 0 Å². The second kappa shape index (κ2) is 3.42. The van der Waals surface area contributed by atoms with Crippen LogP contribution < -0.4 is 5.30 Å². The number of rotatable bonds is 1. The van der Waals surface area contributed by atoms with Gasteiger partial charge in [-0.1, -0.05) is 22.8 Å². The molecule has 0 saturated carbocycles. The van der Waals surface area contributed by atoms with E-state index in [1.807, 2.05) is 0 Å². The summed E-state index contributed by atoms with van der Waals surface area (Å²) in [6, 6.07) is 6.57. The third-order valence-electron chi connectivity index (χ3n) is 1.15. The zero-order chi connectivity index (χ0) is 8.48. The van der Waals surface area contributed by atoms with Gasteiger partial charge in [0.1, 0.15) is 0 Å². The highest BCUT2D eigenvalue weighted by Gasteiger charge is 2.10. The van der Waals surface area contributed by atoms with Crippen molar-refractivity contribution in [3.63, 3.8) is 0 Å². The first-order valence-electron chi connectivity index (χ1n) is 2.79. The number of benzene rings is 1. The molecule has 0 amide bonds. The largest absolute Gasteiger partial charge is 0.351 e. The van der Waals surface area contributed by atoms with Crippen LogP contribution in [0.1, 0.15) is 0 Å². The van der Waals surface area contributed by atoms with E-state index < -0.39 is 5.62 Å². The molecule has 5 heteroatoms. The lowest BCUT2D eigenvalue weighted by atomic mass is 10.4. The summed E-state index contributed by atoms with van der Waals surface area (Å²) in [5.41, 5.74) is -2.79. The Hall–Kier alpha value is 0.410. The summed E-state index contributed by atoms with van der Waals surface area (Å²) in [7, 11) is 0. The Morgan fingerprint density at radius 1 is 1.27 bits per heavy atom. The van der Waals surface area contributed by atoms with Gasteiger partial charge in [0.2, 0.25) is 0 Å². The van der Waals surface area contributed by atoms with Gasteiger partial charge in [0.25, 0.3) is 0 Å². The Balaban J connectivity index is 3.09. The van der Waals surface area contributed by atoms with E-state index in [9.17, 15) is 4.89 Å². The van der Waals surface area contributed by atoms with Crippen molar-refractivity contribution in [2.45, 2.75) is 0 Å². The van der Waals surface area contributed by atoms with Gasteiger partial charge in [-0.05, 0) is 36.1 Å². The Labute approximate surface area is 79.8 Å². The van der Waals surface area contributed by atoms with Crippen LogP contribution in [0.5, 0.6) is 0 Å². The minimum absolute atomic E-state index is 0.568. The first-order valence-corrected chi connectivity index (χ1v) is 6.82. The van der Waals surface area contributed by atoms with Crippen molar-refractivity contribution < 1.29 is 4.89 Å². The van der Waals surface area contributed by atoms with Crippen LogP contribution in [0.25, 0.3) is 0 Å². The molecule has 1 unspecified atom stereocenters. The molecule has 0 saturated heterocycles. The maximum atomic E-state index is 9.23. The van der Waals surface area contributed by atoms with Crippen LogP contribution in [0.2, 0.25) is 5.02 Å². The van der Waals surface area contributed by atoms with Crippen LogP contribution in [-0.4, -0.2) is 4.89 Å². The molecule has 60 valence electrons. The molecule has 0 bridgehead atoms. The third kappa shape index (κ3) is 2.73. The Morgan fingerprint density at radius 2 is 1.73 bits per heavy atom. The summed E-state index contributed by atoms with van der Waals surface area (Å²) in [5.74, 6) is 0. The fraction of sp³-hybridized carbons (Fsp3) is 0. The maximum Gasteiger partial charge on any atom is 0.178 e. The second-order valence-corrected chi connectivity index (χ2v) is 7.59. The van der Waals surface area contributed by atoms with E-state index in [4.69, 9.17) is 22.8 Å². The van der Waals surface area contributed by atoms with Gasteiger partial charge >= 0.3 is 0 Å². The molecule has 0 aliphatic heterocycles. The fourth-order valence-corrected chi connectivity index (χ4v) is 1.97. The lowest BCUT2D eigenvalue weighted by Crippen LogP contribution is -1.97. The molecule has 11 heavy (non-hydrogen) atoms. The predicted octanol–water partition coefficient (Wildman–Crippen LogP) is 2.51. The van der Waals surface area contributed by atoms with Gasteiger partial charge in [0.15, 0.2) is 5.62 Å². The summed E-state index contributed by atoms with van der Waals surface area (Å²) in [6.07, 6.45) is 0. The number of hydrogen-bond acceptors (Lipinski definition) is 1. The molecule has 1 aromatic rings. The molecule has 1 N–H and O–H groups in total. The zero-order valence-corrected chi connectivity index (χ0v) is 8.59. The average molecular weight is 227 g/mol. The highest BCUT2D eigenvalue weighted by molar-refractivity contribution is 8.27. The van der Waals surface area contributed by atoms with Crippen molar-refractivity contribution in [2.24, 2.45) is 0 Å². The summed E-state index contributed by atoms with van der Waals surface area (Å²) in [4.78, 5) is 9.23. The van der Waals surface area contributed by atoms with E-state index in [-0.39, 0.29) is 0 Å². The molecule has 0 radical (unpaired) electrons. The SMILES string of the molecule is OP(=S)(Cl)c1ccc(Cl)cc1. The monoisotopic (exact) mass is 226 g/mol. The Morgan fingerprint density at radius 3 is 2.09 bits per heavy atom. The summed E-state index contributed by atoms with van der Waals surface area (Å²) >= 11 is 15.8. The van der Waals surface area contributed by atoms with Crippen LogP contribution >= 0.6 is 28.5 Å². The van der Waals surface area contributed by atoms with Gasteiger partial charge < -0.3 is 4.89 Å². The fourth-order valence-electron chi connectivity index (χ4n) is 0.625. The predicted molar refractivity (Wildman–Crippen MR) is 53.4 cm³/mol. The van der Waals surface area contributed by atoms with Gasteiger partial charge in [0.05, 0.1) is 0 Å². The molecule has 0 aromatic heterocycles. The van der Waals surface area contributed by atoms with E-state index in [0.717, 1.165) is 0 Å². The first-order chi connectivity index (χ1) is 5.00. The average Bonchev–Trinajstić information content (AvgIpc) is 1.86. The Bertz CT molecular complexity index is 292. The van der Waals surface area contributed by atoms with Gasteiger partial charge in [0, 0.05) is 10.3 Å². The van der Waals surface area contributed by atoms with Crippen molar-refractivity contribution in [2.75, 3.05) is 0 Å². The highest BCUT2D eigenvalue weighted by atomic mass is 35.7. The van der Waals surface area contributed by atoms with Gasteiger partial charge in [-0.3, -0.25) is 0 Å². The second-order valence-electron chi connectivity index (χ2n) is 1.98. The Kier molecular flexibility index (Phi) is 2.96. The standard InChI is InChI=1S/C6H5Cl2OPS/c7-5-1-3-6(4-2-5)10(8,9)11/h1-4H,(H,9,11). The molecule has 0 spiro atoms. The lowest BCUT2D eigenvalue weighted by Gasteiger charge is -2.04. The highest BCUT2D eigenvalue weighted by Crippen LogP contribution is 2.45. The molecular weight excluding hydrogens is 222 g/mol. The summed E-state index contributed by atoms with van der Waals surface area (Å²) in [5, 5.41) is 1.17. The van der Waals surface area contributed by atoms with Gasteiger partial charge in [-0.2, -0.15) is 0 Å². The molecule has 0 aliphatic rings. The minimum Gasteiger partial charge on any atom is -0.351 e. The third-order valence-corrected chi connectivity index (χ3v) is 3.55. The minimum atomic E-state index is -2.79. The van der Waals surface area contributed by atoms with Crippen molar-refractivity contribution in [3.05, 3.63) is 29.3 Å². The molecule has 0 fully saturated rings. The van der Waals surface area contributed by atoms with Crippen molar-refractivity contribution in [3.8, 4) is 0 Å². The van der Waals surface area contributed by atoms with Crippen LogP contribution in [0.4, 0.5) is 0 Å². The van der Waals surface area contributed by atoms with Crippen LogP contribution in [-0.2, 0) is 11.8 Å². The number of halogens is 2. The van der Waals surface area contributed by atoms with Crippen molar-refractivity contribution in [1.29, 1.82) is 0 Å². The molecular formula is C6H5Cl2OPS. The lowest BCUT2D eigenvalue weighted by molar-refractivity contribution is 0.647. The normalized spacial score (nSPS) is 15.9. The van der Waals surface area contributed by atoms with E-state index in [1.54, 1.807) is 24.3 Å². The smallest absolute Gasteiger partial charge is 0.178 e.